The molecule has 22 heavy (non-hydrogen) atoms. The predicted octanol–water partition coefficient (Wildman–Crippen LogP) is 2.70. The molecule has 118 valence electrons. The van der Waals surface area contributed by atoms with Gasteiger partial charge in [-0.25, -0.2) is 4.39 Å². The molecule has 1 N–H and O–H groups in total. The molecule has 1 aromatic carbocycles. The highest BCUT2D eigenvalue weighted by Crippen LogP contribution is 2.12. The number of hydrogen-bond donors (Lipinski definition) is 1. The van der Waals surface area contributed by atoms with E-state index in [0.29, 0.717) is 28.7 Å². The Bertz CT molecular complexity index is 590. The van der Waals surface area contributed by atoms with Gasteiger partial charge in [0.25, 0.3) is 0 Å². The highest BCUT2D eigenvalue weighted by Gasteiger charge is 2.15. The van der Waals surface area contributed by atoms with Crippen LogP contribution in [0.4, 0.5) is 4.39 Å². The maximum Gasteiger partial charge on any atom is 0.236 e. The average molecular weight is 323 g/mol. The number of rotatable bonds is 7. The lowest BCUT2D eigenvalue weighted by atomic mass is 10.1. The molecule has 0 aromatic heterocycles. The van der Waals surface area contributed by atoms with E-state index in [9.17, 15) is 9.18 Å². The number of halogens is 1. The van der Waals surface area contributed by atoms with Crippen molar-refractivity contribution in [2.75, 3.05) is 12.4 Å². The lowest BCUT2D eigenvalue weighted by molar-refractivity contribution is -0.116. The van der Waals surface area contributed by atoms with Crippen molar-refractivity contribution in [2.45, 2.75) is 26.4 Å². The standard InChI is InChI=1S/C15H18FN3O2S/c1-2-3-6-21-9-12-5-4-11(7-13(12)16)8-17-19-15-18-14(20)10-22-15/h4-5,7-8H,2-3,6,9-10H2,1H3,(H,18,19,20). The lowest BCUT2D eigenvalue weighted by Crippen LogP contribution is -2.19. The van der Waals surface area contributed by atoms with Gasteiger partial charge in [-0.3, -0.25) is 4.79 Å². The maximum atomic E-state index is 13.9. The molecular formula is C15H18FN3O2S. The molecule has 1 amide bonds. The fraction of sp³-hybridized carbons (Fsp3) is 0.400. The SMILES string of the molecule is CCCCOCc1ccc(C=NN=C2NC(=O)CS2)cc1F. The van der Waals surface area contributed by atoms with Gasteiger partial charge in [0.05, 0.1) is 18.6 Å². The van der Waals surface area contributed by atoms with Crippen molar-refractivity contribution in [3.8, 4) is 0 Å². The highest BCUT2D eigenvalue weighted by molar-refractivity contribution is 8.15. The van der Waals surface area contributed by atoms with Crippen molar-refractivity contribution in [3.05, 3.63) is 35.1 Å². The second-order valence-electron chi connectivity index (χ2n) is 4.74. The lowest BCUT2D eigenvalue weighted by Gasteiger charge is -2.05. The molecule has 0 spiro atoms. The first-order chi connectivity index (χ1) is 10.7. The predicted molar refractivity (Wildman–Crippen MR) is 86.6 cm³/mol. The summed E-state index contributed by atoms with van der Waals surface area (Å²) in [7, 11) is 0. The number of nitrogens with one attached hydrogen (secondary N) is 1. The molecule has 5 nitrogen and oxygen atoms in total. The molecule has 1 heterocycles. The van der Waals surface area contributed by atoms with Gasteiger partial charge in [0.2, 0.25) is 5.91 Å². The van der Waals surface area contributed by atoms with Crippen molar-refractivity contribution in [3.63, 3.8) is 0 Å². The number of amides is 1. The Morgan fingerprint density at radius 1 is 1.50 bits per heavy atom. The summed E-state index contributed by atoms with van der Waals surface area (Å²) < 4.78 is 19.3. The summed E-state index contributed by atoms with van der Waals surface area (Å²) >= 11 is 1.29. The van der Waals surface area contributed by atoms with E-state index in [1.807, 2.05) is 0 Å². The van der Waals surface area contributed by atoms with Crippen LogP contribution in [0.15, 0.2) is 28.4 Å². The van der Waals surface area contributed by atoms with E-state index in [1.165, 1.54) is 24.0 Å². The van der Waals surface area contributed by atoms with Gasteiger partial charge in [-0.05, 0) is 18.1 Å². The minimum atomic E-state index is -0.323. The molecule has 0 radical (unpaired) electrons. The van der Waals surface area contributed by atoms with Crippen LogP contribution in [0.5, 0.6) is 0 Å². The summed E-state index contributed by atoms with van der Waals surface area (Å²) in [5.41, 5.74) is 1.13. The number of carbonyl (C=O) groups excluding carboxylic acids is 1. The molecule has 1 aliphatic rings. The molecule has 0 unspecified atom stereocenters. The first-order valence-electron chi connectivity index (χ1n) is 7.09. The van der Waals surface area contributed by atoms with Crippen molar-refractivity contribution in [2.24, 2.45) is 10.2 Å². The van der Waals surface area contributed by atoms with Gasteiger partial charge >= 0.3 is 0 Å². The zero-order chi connectivity index (χ0) is 15.8. The van der Waals surface area contributed by atoms with Gasteiger partial charge in [0, 0.05) is 12.2 Å². The topological polar surface area (TPSA) is 63.1 Å². The number of ether oxygens (including phenoxy) is 1. The number of nitrogens with zero attached hydrogens (tertiary/aromatic N) is 2. The fourth-order valence-corrected chi connectivity index (χ4v) is 2.35. The van der Waals surface area contributed by atoms with Crippen molar-refractivity contribution in [1.82, 2.24) is 5.32 Å². The maximum absolute atomic E-state index is 13.9. The summed E-state index contributed by atoms with van der Waals surface area (Å²) in [5, 5.41) is 10.7. The second-order valence-corrected chi connectivity index (χ2v) is 5.71. The van der Waals surface area contributed by atoms with Gasteiger partial charge in [-0.2, -0.15) is 5.10 Å². The Balaban J connectivity index is 1.90. The number of unbranched alkanes of at least 4 members (excludes halogenated alkanes) is 1. The first kappa shape index (κ1) is 16.6. The van der Waals surface area contributed by atoms with E-state index < -0.39 is 0 Å². The number of benzene rings is 1. The summed E-state index contributed by atoms with van der Waals surface area (Å²) in [6, 6.07) is 4.83. The van der Waals surface area contributed by atoms with Crippen LogP contribution in [-0.4, -0.2) is 29.6 Å². The highest BCUT2D eigenvalue weighted by atomic mass is 32.2. The van der Waals surface area contributed by atoms with Gasteiger partial charge < -0.3 is 10.1 Å². The molecule has 7 heteroatoms. The van der Waals surface area contributed by atoms with Crippen LogP contribution in [0.3, 0.4) is 0 Å². The Morgan fingerprint density at radius 3 is 3.05 bits per heavy atom. The monoisotopic (exact) mass is 323 g/mol. The zero-order valence-corrected chi connectivity index (χ0v) is 13.2. The van der Waals surface area contributed by atoms with Gasteiger partial charge in [-0.1, -0.05) is 37.2 Å². The number of amidine groups is 1. The van der Waals surface area contributed by atoms with E-state index in [-0.39, 0.29) is 18.3 Å². The molecule has 1 fully saturated rings. The summed E-state index contributed by atoms with van der Waals surface area (Å²) in [6.07, 6.45) is 3.48. The molecule has 1 saturated heterocycles. The Morgan fingerprint density at radius 2 is 2.36 bits per heavy atom. The van der Waals surface area contributed by atoms with Crippen molar-refractivity contribution in [1.29, 1.82) is 0 Å². The van der Waals surface area contributed by atoms with Crippen LogP contribution in [0.1, 0.15) is 30.9 Å². The van der Waals surface area contributed by atoms with E-state index in [1.54, 1.807) is 12.1 Å². The Labute approximate surface area is 133 Å². The zero-order valence-electron chi connectivity index (χ0n) is 12.3. The largest absolute Gasteiger partial charge is 0.377 e. The van der Waals surface area contributed by atoms with E-state index in [0.717, 1.165) is 12.8 Å². The fourth-order valence-electron chi connectivity index (χ4n) is 1.72. The molecule has 1 aliphatic heterocycles. The molecular weight excluding hydrogens is 305 g/mol. The minimum Gasteiger partial charge on any atom is -0.377 e. The van der Waals surface area contributed by atoms with Gasteiger partial charge in [-0.15, -0.1) is 5.10 Å². The molecule has 0 aliphatic carbocycles. The quantitative estimate of drug-likeness (QED) is 0.477. The van der Waals surface area contributed by atoms with E-state index in [4.69, 9.17) is 4.74 Å². The Hall–Kier alpha value is -1.73. The smallest absolute Gasteiger partial charge is 0.236 e. The van der Waals surface area contributed by atoms with Crippen molar-refractivity contribution < 1.29 is 13.9 Å². The third-order valence-corrected chi connectivity index (χ3v) is 3.78. The third kappa shape index (κ3) is 5.23. The number of hydrogen-bond acceptors (Lipinski definition) is 5. The van der Waals surface area contributed by atoms with Crippen LogP contribution in [-0.2, 0) is 16.1 Å². The summed E-state index contributed by atoms with van der Waals surface area (Å²) in [5.74, 6) is -0.0514. The minimum absolute atomic E-state index is 0.0857. The molecule has 2 rings (SSSR count). The molecule has 0 saturated carbocycles. The van der Waals surface area contributed by atoms with Crippen LogP contribution >= 0.6 is 11.8 Å². The normalized spacial score (nSPS) is 16.6. The third-order valence-electron chi connectivity index (χ3n) is 2.92. The summed E-state index contributed by atoms with van der Waals surface area (Å²) in [6.45, 7) is 2.99. The van der Waals surface area contributed by atoms with Crippen LogP contribution in [0, 0.1) is 5.82 Å². The van der Waals surface area contributed by atoms with Crippen molar-refractivity contribution >= 4 is 29.1 Å². The first-order valence-corrected chi connectivity index (χ1v) is 8.07. The molecule has 0 atom stereocenters. The van der Waals surface area contributed by atoms with Gasteiger partial charge in [0.1, 0.15) is 5.82 Å². The van der Waals surface area contributed by atoms with Crippen LogP contribution in [0.2, 0.25) is 0 Å². The van der Waals surface area contributed by atoms with E-state index >= 15 is 0 Å². The molecule has 1 aromatic rings. The number of thioether (sulfide) groups is 1. The second kappa shape index (κ2) is 8.65. The average Bonchev–Trinajstić information content (AvgIpc) is 2.91. The Kier molecular flexibility index (Phi) is 6.54. The molecule has 0 bridgehead atoms. The van der Waals surface area contributed by atoms with Crippen LogP contribution in [0.25, 0.3) is 0 Å². The van der Waals surface area contributed by atoms with Crippen LogP contribution < -0.4 is 5.32 Å². The summed E-state index contributed by atoms with van der Waals surface area (Å²) in [4.78, 5) is 11.0. The number of carbonyl (C=O) groups is 1. The van der Waals surface area contributed by atoms with E-state index in [2.05, 4.69) is 22.4 Å². The van der Waals surface area contributed by atoms with Gasteiger partial charge in [0.15, 0.2) is 5.17 Å².